The number of nitrogens with zero attached hydrogens (tertiary/aromatic N) is 5. The van der Waals surface area contributed by atoms with Crippen LogP contribution in [0.3, 0.4) is 0 Å². The average molecular weight is 663 g/mol. The number of anilines is 1. The number of nitrogens with one attached hydrogen (secondary N) is 1. The van der Waals surface area contributed by atoms with Crippen LogP contribution in [0, 0.1) is 5.82 Å². The summed E-state index contributed by atoms with van der Waals surface area (Å²) in [6.07, 6.45) is 2.20. The summed E-state index contributed by atoms with van der Waals surface area (Å²) in [6, 6.07) is 15.8. The van der Waals surface area contributed by atoms with Crippen LogP contribution in [0.25, 0.3) is 11.5 Å². The van der Waals surface area contributed by atoms with Crippen LogP contribution in [0.1, 0.15) is 42.7 Å². The number of aromatic nitrogens is 3. The maximum absolute atomic E-state index is 14.2. The highest BCUT2D eigenvalue weighted by Crippen LogP contribution is 2.41. The molecule has 0 spiro atoms. The Morgan fingerprint density at radius 1 is 1.17 bits per heavy atom. The Kier molecular flexibility index (Phi) is 10.2. The Morgan fingerprint density at radius 3 is 2.64 bits per heavy atom. The number of hydrogen-bond donors (Lipinski definition) is 1. The quantitative estimate of drug-likeness (QED) is 0.160. The summed E-state index contributed by atoms with van der Waals surface area (Å²) >= 11 is 6.13. The van der Waals surface area contributed by atoms with E-state index in [2.05, 4.69) is 10.3 Å². The normalized spacial score (nSPS) is 15.6. The molecule has 5 rings (SSSR count). The van der Waals surface area contributed by atoms with E-state index in [0.29, 0.717) is 59.6 Å². The highest BCUT2D eigenvalue weighted by molar-refractivity contribution is 6.31. The number of halogens is 2. The summed E-state index contributed by atoms with van der Waals surface area (Å²) in [5.41, 5.74) is 2.13. The van der Waals surface area contributed by atoms with Crippen molar-refractivity contribution in [3.8, 4) is 17.3 Å². The van der Waals surface area contributed by atoms with Crippen molar-refractivity contribution in [2.24, 2.45) is 7.05 Å². The van der Waals surface area contributed by atoms with Gasteiger partial charge < -0.3 is 18.9 Å². The van der Waals surface area contributed by atoms with Gasteiger partial charge in [-0.15, -0.1) is 0 Å². The summed E-state index contributed by atoms with van der Waals surface area (Å²) in [4.78, 5) is 49.4. The monoisotopic (exact) mass is 662 g/mol. The lowest BCUT2D eigenvalue weighted by molar-refractivity contribution is -0.157. The number of esters is 1. The lowest BCUT2D eigenvalue weighted by atomic mass is 9.96. The van der Waals surface area contributed by atoms with Crippen molar-refractivity contribution in [1.29, 1.82) is 0 Å². The summed E-state index contributed by atoms with van der Waals surface area (Å²) in [7, 11) is 3.68. The molecule has 0 aliphatic carbocycles. The van der Waals surface area contributed by atoms with Crippen LogP contribution in [-0.4, -0.2) is 57.9 Å². The number of ether oxygens (including phenoxy) is 2. The molecule has 2 aromatic carbocycles. The third-order valence-electron chi connectivity index (χ3n) is 8.33. The molecule has 0 bridgehead atoms. The van der Waals surface area contributed by atoms with Crippen LogP contribution < -0.4 is 15.0 Å². The predicted octanol–water partition coefficient (Wildman–Crippen LogP) is 4.75. The zero-order valence-corrected chi connectivity index (χ0v) is 27.4. The average Bonchev–Trinajstić information content (AvgIpc) is 3.57. The number of carbonyl (C=O) groups excluding carboxylic acids is 3. The Morgan fingerprint density at radius 2 is 1.94 bits per heavy atom. The van der Waals surface area contributed by atoms with Crippen LogP contribution >= 0.6 is 11.6 Å². The van der Waals surface area contributed by atoms with Crippen molar-refractivity contribution < 1.29 is 28.2 Å². The number of fused-ring (bicyclic) bond motifs is 1. The molecule has 1 unspecified atom stereocenters. The molecule has 1 atom stereocenters. The molecule has 11 nitrogen and oxygen atoms in total. The minimum absolute atomic E-state index is 0.00639. The van der Waals surface area contributed by atoms with Gasteiger partial charge in [0, 0.05) is 45.7 Å². The number of carbonyl (C=O) groups is 3. The molecule has 3 heterocycles. The van der Waals surface area contributed by atoms with Gasteiger partial charge in [0.2, 0.25) is 12.3 Å². The highest BCUT2D eigenvalue weighted by atomic mass is 35.5. The van der Waals surface area contributed by atoms with E-state index in [0.717, 1.165) is 16.9 Å². The van der Waals surface area contributed by atoms with E-state index < -0.39 is 17.3 Å². The Bertz CT molecular complexity index is 1760. The molecule has 1 aliphatic rings. The standard InChI is InChI=1S/C34H36ClFN6O5/c1-5-46-33(45)34(2)31-23(11-14-28(39-31)32-37-17-30(41(32)4)40(3)16-15-29(44)38-21-43)19-42(34)18-22-9-12-24(13-10-22)47-20-25-26(35)7-6-8-27(25)36/h6-14,17,21H,5,15-16,18-20H2,1-4H3,(H,38,43,44). The molecule has 0 saturated carbocycles. The molecule has 0 radical (unpaired) electrons. The number of imide groups is 1. The van der Waals surface area contributed by atoms with Crippen LogP contribution in [0.2, 0.25) is 5.02 Å². The van der Waals surface area contributed by atoms with Crippen molar-refractivity contribution in [2.75, 3.05) is 25.1 Å². The molecule has 1 aliphatic heterocycles. The van der Waals surface area contributed by atoms with Gasteiger partial charge in [-0.2, -0.15) is 0 Å². The minimum Gasteiger partial charge on any atom is -0.489 e. The fourth-order valence-corrected chi connectivity index (χ4v) is 5.86. The fourth-order valence-electron chi connectivity index (χ4n) is 5.64. The molecule has 1 N–H and O–H groups in total. The van der Waals surface area contributed by atoms with Crippen molar-refractivity contribution in [3.05, 3.63) is 94.0 Å². The van der Waals surface area contributed by atoms with E-state index >= 15 is 0 Å². The lowest BCUT2D eigenvalue weighted by Gasteiger charge is -2.33. The topological polar surface area (TPSA) is 119 Å². The van der Waals surface area contributed by atoms with Crippen LogP contribution in [-0.2, 0) is 51.4 Å². The summed E-state index contributed by atoms with van der Waals surface area (Å²) in [6.45, 7) is 5.08. The van der Waals surface area contributed by atoms with E-state index in [1.807, 2.05) is 59.7 Å². The van der Waals surface area contributed by atoms with Gasteiger partial charge in [-0.05, 0) is 55.3 Å². The van der Waals surface area contributed by atoms with Crippen molar-refractivity contribution in [3.63, 3.8) is 0 Å². The first-order chi connectivity index (χ1) is 22.6. The maximum atomic E-state index is 14.2. The van der Waals surface area contributed by atoms with Crippen molar-refractivity contribution in [2.45, 2.75) is 45.5 Å². The molecule has 246 valence electrons. The first-order valence-corrected chi connectivity index (χ1v) is 15.5. The first-order valence-electron chi connectivity index (χ1n) is 15.1. The van der Waals surface area contributed by atoms with Crippen molar-refractivity contribution in [1.82, 2.24) is 24.8 Å². The molecule has 13 heteroatoms. The zero-order valence-electron chi connectivity index (χ0n) is 26.6. The summed E-state index contributed by atoms with van der Waals surface area (Å²) in [5.74, 6) is 0.697. The molecule has 2 amide bonds. The largest absolute Gasteiger partial charge is 0.489 e. The van der Waals surface area contributed by atoms with E-state index in [-0.39, 0.29) is 25.5 Å². The second kappa shape index (κ2) is 14.3. The second-order valence-corrected chi connectivity index (χ2v) is 11.7. The van der Waals surface area contributed by atoms with Crippen LogP contribution in [0.5, 0.6) is 5.75 Å². The summed E-state index contributed by atoms with van der Waals surface area (Å²) < 4.78 is 27.4. The third kappa shape index (κ3) is 6.98. The SMILES string of the molecule is CCOC(=O)C1(C)c2nc(-c3ncc(N(C)CCC(=O)NC=O)n3C)ccc2CN1Cc1ccc(OCc2c(F)cccc2Cl)cc1. The Labute approximate surface area is 277 Å². The van der Waals surface area contributed by atoms with Gasteiger partial charge in [0.1, 0.15) is 29.7 Å². The van der Waals surface area contributed by atoms with Gasteiger partial charge >= 0.3 is 5.97 Å². The molecule has 2 aromatic heterocycles. The first kappa shape index (κ1) is 33.6. The smallest absolute Gasteiger partial charge is 0.332 e. The number of amides is 2. The number of imidazole rings is 1. The molecule has 47 heavy (non-hydrogen) atoms. The minimum atomic E-state index is -1.17. The van der Waals surface area contributed by atoms with Gasteiger partial charge in [0.15, 0.2) is 11.4 Å². The molecule has 0 saturated heterocycles. The highest BCUT2D eigenvalue weighted by Gasteiger charge is 2.50. The van der Waals surface area contributed by atoms with Gasteiger partial charge in [0.05, 0.1) is 23.5 Å². The van der Waals surface area contributed by atoms with Gasteiger partial charge in [-0.25, -0.2) is 19.2 Å². The van der Waals surface area contributed by atoms with Gasteiger partial charge in [-0.3, -0.25) is 19.8 Å². The Balaban J connectivity index is 1.35. The third-order valence-corrected chi connectivity index (χ3v) is 8.68. The lowest BCUT2D eigenvalue weighted by Crippen LogP contribution is -2.46. The van der Waals surface area contributed by atoms with E-state index in [4.69, 9.17) is 26.1 Å². The molecule has 4 aromatic rings. The van der Waals surface area contributed by atoms with E-state index in [1.165, 1.54) is 6.07 Å². The molecular formula is C34H36ClFN6O5. The molecular weight excluding hydrogens is 627 g/mol. The van der Waals surface area contributed by atoms with E-state index in [9.17, 15) is 18.8 Å². The number of hydrogen-bond acceptors (Lipinski definition) is 9. The summed E-state index contributed by atoms with van der Waals surface area (Å²) in [5, 5.41) is 2.45. The number of benzene rings is 2. The van der Waals surface area contributed by atoms with Crippen molar-refractivity contribution >= 4 is 35.7 Å². The number of pyridine rings is 1. The second-order valence-electron chi connectivity index (χ2n) is 11.3. The fraction of sp³-hybridized carbons (Fsp3) is 0.324. The zero-order chi connectivity index (χ0) is 33.7. The van der Waals surface area contributed by atoms with Gasteiger partial charge in [-0.1, -0.05) is 35.9 Å². The molecule has 0 fully saturated rings. The van der Waals surface area contributed by atoms with Crippen LogP contribution in [0.4, 0.5) is 10.2 Å². The number of rotatable bonds is 13. The van der Waals surface area contributed by atoms with E-state index in [1.54, 1.807) is 37.4 Å². The van der Waals surface area contributed by atoms with Gasteiger partial charge in [0.25, 0.3) is 0 Å². The maximum Gasteiger partial charge on any atom is 0.332 e. The Hall–Kier alpha value is -4.81. The van der Waals surface area contributed by atoms with Crippen LogP contribution in [0.15, 0.2) is 60.8 Å². The predicted molar refractivity (Wildman–Crippen MR) is 174 cm³/mol.